The van der Waals surface area contributed by atoms with Crippen LogP contribution in [0, 0.1) is 29.6 Å². The topological polar surface area (TPSA) is 188 Å². The molecule has 0 radical (unpaired) electrons. The van der Waals surface area contributed by atoms with Gasteiger partial charge < -0.3 is 48.6 Å². The van der Waals surface area contributed by atoms with Gasteiger partial charge in [-0.25, -0.2) is 4.79 Å². The van der Waals surface area contributed by atoms with Gasteiger partial charge >= 0.3 is 5.97 Å². The van der Waals surface area contributed by atoms with Gasteiger partial charge in [-0.05, 0) is 120 Å². The van der Waals surface area contributed by atoms with Crippen molar-refractivity contribution in [3.63, 3.8) is 0 Å². The molecule has 14 nitrogen and oxygen atoms in total. The molecule has 0 spiro atoms. The molecule has 1 amide bonds. The molecule has 1 aliphatic carbocycles. The lowest BCUT2D eigenvalue weighted by molar-refractivity contribution is -0.302. The van der Waals surface area contributed by atoms with Crippen LogP contribution in [0.5, 0.6) is 5.75 Å². The molecule has 14 heteroatoms. The summed E-state index contributed by atoms with van der Waals surface area (Å²) in [7, 11) is 6.27. The minimum absolute atomic E-state index is 0.0197. The number of methoxy groups -OCH3 is 4. The van der Waals surface area contributed by atoms with Crippen LogP contribution in [0.2, 0.25) is 0 Å². The van der Waals surface area contributed by atoms with Crippen molar-refractivity contribution in [1.82, 2.24) is 4.90 Å². The van der Waals surface area contributed by atoms with Gasteiger partial charge in [-0.15, -0.1) is 0 Å². The lowest BCUT2D eigenvalue weighted by Gasteiger charge is -2.47. The van der Waals surface area contributed by atoms with Crippen LogP contribution in [0.15, 0.2) is 53.6 Å². The first-order chi connectivity index (χ1) is 31.8. The van der Waals surface area contributed by atoms with Gasteiger partial charge in [0.15, 0.2) is 0 Å². The summed E-state index contributed by atoms with van der Waals surface area (Å²) >= 11 is 0. The SMILES string of the molecule is CCC1C=C(C)CC(C)CC(OC)C2OC(O)(C(=O)C(=O)N3CCCCC3C(=O)OC(C(C)=CC3CCC(O)(CC=Cc4ccc(OC)cc4)C(OC)C3)C(C)C(O)CC1=O)C(C)CC2OC. The Morgan fingerprint density at radius 2 is 1.60 bits per heavy atom. The Labute approximate surface area is 398 Å². The van der Waals surface area contributed by atoms with Crippen LogP contribution in [0.4, 0.5) is 0 Å². The van der Waals surface area contributed by atoms with Gasteiger partial charge in [0.05, 0.1) is 37.1 Å². The number of aliphatic hydroxyl groups excluding tert-OH is 1. The second-order valence-corrected chi connectivity index (χ2v) is 20.0. The zero-order valence-electron chi connectivity index (χ0n) is 41.6. The number of nitrogens with zero attached hydrogens (tertiary/aromatic N) is 1. The van der Waals surface area contributed by atoms with Gasteiger partial charge in [-0.2, -0.15) is 0 Å². The van der Waals surface area contributed by atoms with Crippen molar-refractivity contribution in [2.75, 3.05) is 35.0 Å². The average Bonchev–Trinajstić information content (AvgIpc) is 3.31. The van der Waals surface area contributed by atoms with Crippen LogP contribution in [0.1, 0.15) is 124 Å². The molecule has 4 aliphatic rings. The van der Waals surface area contributed by atoms with Gasteiger partial charge in [0.25, 0.3) is 11.7 Å². The fourth-order valence-corrected chi connectivity index (χ4v) is 10.9. The molecule has 0 aromatic heterocycles. The first kappa shape index (κ1) is 54.2. The number of carbonyl (C=O) groups is 4. The number of benzene rings is 1. The Balaban J connectivity index is 1.46. The van der Waals surface area contributed by atoms with Crippen LogP contribution in [-0.4, -0.2) is 133 Å². The van der Waals surface area contributed by atoms with E-state index in [1.807, 2.05) is 69.3 Å². The Bertz CT molecular complexity index is 1930. The molecule has 5 rings (SSSR count). The molecule has 2 saturated heterocycles. The number of amides is 1. The number of esters is 1. The number of aliphatic hydroxyl groups is 3. The van der Waals surface area contributed by atoms with Crippen molar-refractivity contribution in [3.8, 4) is 5.75 Å². The molecule has 374 valence electrons. The standard InChI is InChI=1S/C53H79NO13/c1-11-39-26-32(2)25-33(3)27-44(63-8)48-45(64-9)29-35(5)53(61,67-48)49(57)50(58)54-24-13-12-16-41(54)51(59)66-47(36(6)42(55)31-43(39)56)34(4)28-38-21-23-52(60,46(30-38)65-10)22-14-15-37-17-19-40(62-7)20-18-37/h14-15,17-20,26,28,33,35-36,38-39,41-42,44-48,55,60-61H,11-13,16,21-25,27,29-31H2,1-10H3. The fourth-order valence-electron chi connectivity index (χ4n) is 10.9. The molecular formula is C53H79NO13. The van der Waals surface area contributed by atoms with Gasteiger partial charge in [0, 0.05) is 52.0 Å². The summed E-state index contributed by atoms with van der Waals surface area (Å²) in [4.78, 5) is 58.5. The van der Waals surface area contributed by atoms with E-state index in [2.05, 4.69) is 6.92 Å². The number of ether oxygens (including phenoxy) is 6. The predicted octanol–water partition coefficient (Wildman–Crippen LogP) is 6.96. The van der Waals surface area contributed by atoms with Gasteiger partial charge in [-0.1, -0.05) is 69.7 Å². The quantitative estimate of drug-likeness (QED) is 0.124. The van der Waals surface area contributed by atoms with E-state index >= 15 is 0 Å². The van der Waals surface area contributed by atoms with Crippen molar-refractivity contribution in [1.29, 1.82) is 0 Å². The monoisotopic (exact) mass is 938 g/mol. The molecule has 1 saturated carbocycles. The van der Waals surface area contributed by atoms with Gasteiger partial charge in [0.2, 0.25) is 5.79 Å². The summed E-state index contributed by atoms with van der Waals surface area (Å²) in [6, 6.07) is 6.49. The van der Waals surface area contributed by atoms with Crippen molar-refractivity contribution in [2.45, 2.75) is 173 Å². The zero-order valence-corrected chi connectivity index (χ0v) is 41.6. The second-order valence-electron chi connectivity index (χ2n) is 20.0. The number of carbonyl (C=O) groups excluding carboxylic acids is 4. The number of allylic oxidation sites excluding steroid dienone is 3. The lowest BCUT2D eigenvalue weighted by atomic mass is 9.74. The number of rotatable bonds is 10. The third-order valence-electron chi connectivity index (χ3n) is 15.0. The number of fused-ring (bicyclic) bond motifs is 3. The van der Waals surface area contributed by atoms with Crippen molar-refractivity contribution >= 4 is 29.5 Å². The predicted molar refractivity (Wildman–Crippen MR) is 254 cm³/mol. The van der Waals surface area contributed by atoms with E-state index < -0.39 is 89.5 Å². The first-order valence-electron chi connectivity index (χ1n) is 24.5. The van der Waals surface area contributed by atoms with Crippen molar-refractivity contribution < 1.29 is 62.9 Å². The van der Waals surface area contributed by atoms with Crippen molar-refractivity contribution in [3.05, 3.63) is 59.2 Å². The van der Waals surface area contributed by atoms with Gasteiger partial charge in [0.1, 0.15) is 29.8 Å². The fraction of sp³-hybridized carbons (Fsp3) is 0.698. The molecule has 1 aromatic rings. The normalized spacial score (nSPS) is 37.1. The summed E-state index contributed by atoms with van der Waals surface area (Å²) in [5.74, 6) is -7.00. The van der Waals surface area contributed by atoms with E-state index in [1.165, 1.54) is 19.1 Å². The van der Waals surface area contributed by atoms with Crippen LogP contribution >= 0.6 is 0 Å². The minimum Gasteiger partial charge on any atom is -0.497 e. The molecule has 14 atom stereocenters. The number of ketones is 2. The molecule has 3 N–H and O–H groups in total. The lowest BCUT2D eigenvalue weighted by Crippen LogP contribution is -2.64. The molecular weight excluding hydrogens is 859 g/mol. The molecule has 2 bridgehead atoms. The number of piperidine rings is 1. The first-order valence-corrected chi connectivity index (χ1v) is 24.5. The van der Waals surface area contributed by atoms with Crippen LogP contribution in [-0.2, 0) is 42.9 Å². The summed E-state index contributed by atoms with van der Waals surface area (Å²) in [5, 5.41) is 35.8. The van der Waals surface area contributed by atoms with Crippen LogP contribution < -0.4 is 4.74 Å². The zero-order chi connectivity index (χ0) is 49.2. The number of Topliss-reactive ketones (excluding diaryl/α,β-unsaturated/α-hetero) is 2. The Kier molecular flexibility index (Phi) is 19.6. The molecule has 14 unspecified atom stereocenters. The Hall–Kier alpha value is -3.76. The van der Waals surface area contributed by atoms with Crippen molar-refractivity contribution in [2.24, 2.45) is 29.6 Å². The summed E-state index contributed by atoms with van der Waals surface area (Å²) in [6.07, 6.45) is 7.94. The van der Waals surface area contributed by atoms with E-state index in [-0.39, 0.29) is 43.4 Å². The van der Waals surface area contributed by atoms with Gasteiger partial charge in [-0.3, -0.25) is 14.4 Å². The van der Waals surface area contributed by atoms with E-state index in [1.54, 1.807) is 28.1 Å². The Morgan fingerprint density at radius 3 is 2.24 bits per heavy atom. The van der Waals surface area contributed by atoms with E-state index in [9.17, 15) is 34.5 Å². The molecule has 3 heterocycles. The third-order valence-corrected chi connectivity index (χ3v) is 15.0. The summed E-state index contributed by atoms with van der Waals surface area (Å²) in [6.45, 7) is 11.3. The molecule has 3 fully saturated rings. The van der Waals surface area contributed by atoms with E-state index in [4.69, 9.17) is 28.4 Å². The molecule has 1 aromatic carbocycles. The van der Waals surface area contributed by atoms with Crippen LogP contribution in [0.25, 0.3) is 6.08 Å². The molecule has 3 aliphatic heterocycles. The highest BCUT2D eigenvalue weighted by atomic mass is 16.7. The van der Waals surface area contributed by atoms with E-state index in [0.29, 0.717) is 63.4 Å². The maximum atomic E-state index is 14.5. The third kappa shape index (κ3) is 13.1. The number of hydrogen-bond donors (Lipinski definition) is 3. The number of cyclic esters (lactones) is 1. The molecule has 67 heavy (non-hydrogen) atoms. The summed E-state index contributed by atoms with van der Waals surface area (Å²) in [5.41, 5.74) is 1.48. The number of hydrogen-bond acceptors (Lipinski definition) is 13. The highest BCUT2D eigenvalue weighted by Crippen LogP contribution is 2.41. The summed E-state index contributed by atoms with van der Waals surface area (Å²) < 4.78 is 35.6. The largest absolute Gasteiger partial charge is 0.497 e. The Morgan fingerprint density at radius 1 is 0.910 bits per heavy atom. The van der Waals surface area contributed by atoms with Crippen LogP contribution in [0.3, 0.4) is 0 Å². The maximum absolute atomic E-state index is 14.5. The second kappa shape index (κ2) is 24.2. The highest BCUT2D eigenvalue weighted by molar-refractivity contribution is 6.39. The van der Waals surface area contributed by atoms with E-state index in [0.717, 1.165) is 16.9 Å². The highest BCUT2D eigenvalue weighted by Gasteiger charge is 2.56. The minimum atomic E-state index is -2.52. The smallest absolute Gasteiger partial charge is 0.329 e. The average molecular weight is 938 g/mol. The maximum Gasteiger partial charge on any atom is 0.329 e.